The van der Waals surface area contributed by atoms with Gasteiger partial charge in [0, 0.05) is 22.7 Å². The van der Waals surface area contributed by atoms with E-state index in [1.54, 1.807) is 19.1 Å². The van der Waals surface area contributed by atoms with Crippen LogP contribution in [0.25, 0.3) is 0 Å². The molecule has 20 heavy (non-hydrogen) atoms. The first kappa shape index (κ1) is 15.0. The highest BCUT2D eigenvalue weighted by Gasteiger charge is 2.29. The number of nitrogen functional groups attached to an aromatic ring is 1. The van der Waals surface area contributed by atoms with Crippen molar-refractivity contribution in [3.8, 4) is 0 Å². The highest BCUT2D eigenvalue weighted by atomic mass is 32.2. The van der Waals surface area contributed by atoms with Gasteiger partial charge in [0.1, 0.15) is 0 Å². The van der Waals surface area contributed by atoms with Gasteiger partial charge in [0.15, 0.2) is 0 Å². The zero-order valence-corrected chi connectivity index (χ0v) is 12.9. The van der Waals surface area contributed by atoms with Crippen LogP contribution in [-0.2, 0) is 4.74 Å². The summed E-state index contributed by atoms with van der Waals surface area (Å²) in [7, 11) is 0. The predicted molar refractivity (Wildman–Crippen MR) is 85.4 cm³/mol. The largest absolute Gasteiger partial charge is 0.462 e. The molecular weight excluding hydrogens is 272 g/mol. The van der Waals surface area contributed by atoms with E-state index in [4.69, 9.17) is 10.5 Å². The highest BCUT2D eigenvalue weighted by Crippen LogP contribution is 2.38. The molecule has 1 unspecified atom stereocenters. The summed E-state index contributed by atoms with van der Waals surface area (Å²) in [5.74, 6) is 0.886. The Bertz CT molecular complexity index is 485. The topological polar surface area (TPSA) is 64.3 Å². The van der Waals surface area contributed by atoms with Crippen LogP contribution in [0.1, 0.15) is 37.0 Å². The first-order chi connectivity index (χ1) is 9.54. The van der Waals surface area contributed by atoms with E-state index >= 15 is 0 Å². The fraction of sp³-hybridized carbons (Fsp3) is 0.533. The molecule has 0 bridgehead atoms. The third-order valence-corrected chi connectivity index (χ3v) is 5.03. The SMILES string of the molecule is CCOC(=O)c1cc(N)ccc1NCC1(C)CCCS1. The number of hydrogen-bond donors (Lipinski definition) is 2. The summed E-state index contributed by atoms with van der Waals surface area (Å²) >= 11 is 1.99. The van der Waals surface area contributed by atoms with Crippen molar-refractivity contribution in [3.05, 3.63) is 23.8 Å². The maximum absolute atomic E-state index is 12.0. The minimum Gasteiger partial charge on any atom is -0.462 e. The Hall–Kier alpha value is -1.36. The molecule has 0 saturated carbocycles. The van der Waals surface area contributed by atoms with Gasteiger partial charge in [0.2, 0.25) is 0 Å². The highest BCUT2D eigenvalue weighted by molar-refractivity contribution is 8.00. The molecule has 0 radical (unpaired) electrons. The molecule has 2 rings (SSSR count). The van der Waals surface area contributed by atoms with Gasteiger partial charge in [-0.15, -0.1) is 0 Å². The van der Waals surface area contributed by atoms with Gasteiger partial charge < -0.3 is 15.8 Å². The molecule has 1 aromatic rings. The van der Waals surface area contributed by atoms with Gasteiger partial charge in [-0.05, 0) is 50.6 Å². The average Bonchev–Trinajstić information content (AvgIpc) is 2.85. The lowest BCUT2D eigenvalue weighted by molar-refractivity contribution is 0.0527. The fourth-order valence-corrected chi connectivity index (χ4v) is 3.60. The van der Waals surface area contributed by atoms with Crippen molar-refractivity contribution in [1.82, 2.24) is 0 Å². The Balaban J connectivity index is 2.12. The van der Waals surface area contributed by atoms with Crippen LogP contribution >= 0.6 is 11.8 Å². The second-order valence-electron chi connectivity index (χ2n) is 5.28. The van der Waals surface area contributed by atoms with Crippen molar-refractivity contribution in [3.63, 3.8) is 0 Å². The molecule has 1 saturated heterocycles. The number of nitrogens with one attached hydrogen (secondary N) is 1. The Morgan fingerprint density at radius 1 is 1.55 bits per heavy atom. The van der Waals surface area contributed by atoms with E-state index in [0.717, 1.165) is 12.2 Å². The molecule has 1 heterocycles. The predicted octanol–water partition coefficient (Wildman–Crippen LogP) is 3.14. The van der Waals surface area contributed by atoms with Crippen molar-refractivity contribution < 1.29 is 9.53 Å². The first-order valence-electron chi connectivity index (χ1n) is 6.98. The van der Waals surface area contributed by atoms with Crippen LogP contribution in [0.2, 0.25) is 0 Å². The van der Waals surface area contributed by atoms with Crippen LogP contribution in [0, 0.1) is 0 Å². The smallest absolute Gasteiger partial charge is 0.340 e. The van der Waals surface area contributed by atoms with E-state index in [1.165, 1.54) is 18.6 Å². The number of hydrogen-bond acceptors (Lipinski definition) is 5. The number of ether oxygens (including phenoxy) is 1. The van der Waals surface area contributed by atoms with Gasteiger partial charge in [-0.2, -0.15) is 11.8 Å². The van der Waals surface area contributed by atoms with Crippen LogP contribution in [0.5, 0.6) is 0 Å². The number of thioether (sulfide) groups is 1. The van der Waals surface area contributed by atoms with E-state index in [0.29, 0.717) is 17.9 Å². The van der Waals surface area contributed by atoms with E-state index < -0.39 is 0 Å². The second-order valence-corrected chi connectivity index (χ2v) is 6.96. The van der Waals surface area contributed by atoms with Crippen molar-refractivity contribution in [2.24, 2.45) is 0 Å². The number of esters is 1. The molecular formula is C15H22N2O2S. The van der Waals surface area contributed by atoms with Crippen molar-refractivity contribution in [1.29, 1.82) is 0 Å². The first-order valence-corrected chi connectivity index (χ1v) is 7.97. The number of rotatable bonds is 5. The summed E-state index contributed by atoms with van der Waals surface area (Å²) in [5.41, 5.74) is 7.65. The van der Waals surface area contributed by atoms with E-state index in [1.807, 2.05) is 17.8 Å². The van der Waals surface area contributed by atoms with Gasteiger partial charge in [0.05, 0.1) is 12.2 Å². The van der Waals surface area contributed by atoms with Crippen molar-refractivity contribution >= 4 is 29.1 Å². The average molecular weight is 294 g/mol. The number of nitrogens with two attached hydrogens (primary N) is 1. The van der Waals surface area contributed by atoms with Gasteiger partial charge in [-0.3, -0.25) is 0 Å². The summed E-state index contributed by atoms with van der Waals surface area (Å²) < 4.78 is 5.32. The van der Waals surface area contributed by atoms with Gasteiger partial charge in [-0.25, -0.2) is 4.79 Å². The van der Waals surface area contributed by atoms with Crippen LogP contribution in [-0.4, -0.2) is 29.6 Å². The maximum Gasteiger partial charge on any atom is 0.340 e. The number of benzene rings is 1. The summed E-state index contributed by atoms with van der Waals surface area (Å²) in [4.78, 5) is 12.0. The summed E-state index contributed by atoms with van der Waals surface area (Å²) in [6, 6.07) is 5.32. The van der Waals surface area contributed by atoms with Crippen LogP contribution < -0.4 is 11.1 Å². The maximum atomic E-state index is 12.0. The molecule has 3 N–H and O–H groups in total. The summed E-state index contributed by atoms with van der Waals surface area (Å²) in [5, 5.41) is 3.39. The zero-order valence-electron chi connectivity index (χ0n) is 12.1. The van der Waals surface area contributed by atoms with Crippen LogP contribution in [0.3, 0.4) is 0 Å². The van der Waals surface area contributed by atoms with Crippen LogP contribution in [0.15, 0.2) is 18.2 Å². The molecule has 1 aromatic carbocycles. The Kier molecular flexibility index (Phi) is 4.81. The quantitative estimate of drug-likeness (QED) is 0.645. The molecule has 0 aromatic heterocycles. The monoisotopic (exact) mass is 294 g/mol. The molecule has 5 heteroatoms. The molecule has 1 aliphatic rings. The lowest BCUT2D eigenvalue weighted by Crippen LogP contribution is -2.27. The number of carbonyl (C=O) groups is 1. The third-order valence-electron chi connectivity index (χ3n) is 3.49. The minimum absolute atomic E-state index is 0.243. The Morgan fingerprint density at radius 2 is 2.35 bits per heavy atom. The molecule has 4 nitrogen and oxygen atoms in total. The van der Waals surface area contributed by atoms with Gasteiger partial charge in [-0.1, -0.05) is 0 Å². The van der Waals surface area contributed by atoms with Gasteiger partial charge in [0.25, 0.3) is 0 Å². The number of carbonyl (C=O) groups excluding carboxylic acids is 1. The normalized spacial score (nSPS) is 21.7. The lowest BCUT2D eigenvalue weighted by Gasteiger charge is -2.24. The van der Waals surface area contributed by atoms with E-state index in [2.05, 4.69) is 12.2 Å². The zero-order chi connectivity index (χ0) is 14.6. The molecule has 1 fully saturated rings. The molecule has 1 atom stereocenters. The molecule has 110 valence electrons. The van der Waals surface area contributed by atoms with Crippen LogP contribution in [0.4, 0.5) is 11.4 Å². The Labute approximate surface area is 124 Å². The molecule has 1 aliphatic heterocycles. The Morgan fingerprint density at radius 3 is 3.00 bits per heavy atom. The van der Waals surface area contributed by atoms with E-state index in [-0.39, 0.29) is 10.7 Å². The number of anilines is 2. The van der Waals surface area contributed by atoms with Crippen molar-refractivity contribution in [2.75, 3.05) is 30.0 Å². The standard InChI is InChI=1S/C15H22N2O2S/c1-3-19-14(18)12-9-11(16)5-6-13(12)17-10-15(2)7-4-8-20-15/h5-6,9,17H,3-4,7-8,10,16H2,1-2H3. The van der Waals surface area contributed by atoms with Gasteiger partial charge >= 0.3 is 5.97 Å². The molecule has 0 spiro atoms. The summed E-state index contributed by atoms with van der Waals surface area (Å²) in [6.45, 7) is 5.27. The molecule has 0 aliphatic carbocycles. The van der Waals surface area contributed by atoms with E-state index in [9.17, 15) is 4.79 Å². The third kappa shape index (κ3) is 3.60. The molecule has 0 amide bonds. The fourth-order valence-electron chi connectivity index (χ4n) is 2.35. The summed E-state index contributed by atoms with van der Waals surface area (Å²) in [6.07, 6.45) is 2.46. The van der Waals surface area contributed by atoms with Crippen molar-refractivity contribution in [2.45, 2.75) is 31.4 Å². The second kappa shape index (κ2) is 6.39. The lowest BCUT2D eigenvalue weighted by atomic mass is 10.1. The minimum atomic E-state index is -0.327.